The Kier molecular flexibility index (Phi) is 5.34. The van der Waals surface area contributed by atoms with Gasteiger partial charge in [0, 0.05) is 16.0 Å². The number of nitrogens with one attached hydrogen (secondary N) is 1. The molecule has 0 fully saturated rings. The van der Waals surface area contributed by atoms with Crippen LogP contribution in [0.5, 0.6) is 0 Å². The van der Waals surface area contributed by atoms with E-state index in [1.807, 2.05) is 37.3 Å². The lowest BCUT2D eigenvalue weighted by Gasteiger charge is -2.10. The average molecular weight is 332 g/mol. The summed E-state index contributed by atoms with van der Waals surface area (Å²) in [5, 5.41) is 0. The normalized spacial score (nSPS) is 10.9. The predicted octanol–water partition coefficient (Wildman–Crippen LogP) is 6.21. The van der Waals surface area contributed by atoms with Crippen LogP contribution in [0.4, 0.5) is 5.82 Å². The highest BCUT2D eigenvalue weighted by molar-refractivity contribution is 8.00. The summed E-state index contributed by atoms with van der Waals surface area (Å²) in [6.45, 7) is 4.12. The highest BCUT2D eigenvalue weighted by Gasteiger charge is 2.07. The number of aromatic nitrogens is 1. The van der Waals surface area contributed by atoms with E-state index >= 15 is 0 Å². The molecule has 0 radical (unpaired) electrons. The minimum absolute atomic E-state index is 0.854. The fraction of sp³-hybridized carbons (Fsp3) is 0.0952. The smallest absolute Gasteiger partial charge is 0.136 e. The maximum Gasteiger partial charge on any atom is 0.136 e. The molecule has 0 spiro atoms. The second-order valence-corrected chi connectivity index (χ2v) is 6.40. The van der Waals surface area contributed by atoms with Gasteiger partial charge in [0.05, 0.1) is 5.69 Å². The fourth-order valence-corrected chi connectivity index (χ4v) is 3.01. The standard InChI is InChI=1S/C21H20N2S/c1-3-7-17-14-15-20(23-24-19-8-5-4-6-9-19)22-21(17)18-12-10-16(2)11-13-18/h3-15H,1-2H3,(H,22,23)/b7-3+. The average Bonchev–Trinajstić information content (AvgIpc) is 2.63. The summed E-state index contributed by atoms with van der Waals surface area (Å²) < 4.78 is 3.33. The second kappa shape index (κ2) is 7.84. The number of hydrogen-bond acceptors (Lipinski definition) is 3. The Morgan fingerprint density at radius 2 is 1.67 bits per heavy atom. The third kappa shape index (κ3) is 4.06. The summed E-state index contributed by atoms with van der Waals surface area (Å²) in [4.78, 5) is 5.98. The van der Waals surface area contributed by atoms with Crippen molar-refractivity contribution in [3.63, 3.8) is 0 Å². The molecule has 120 valence electrons. The maximum atomic E-state index is 4.82. The lowest BCUT2D eigenvalue weighted by atomic mass is 10.0. The Bertz CT molecular complexity index is 824. The molecule has 1 heterocycles. The Morgan fingerprint density at radius 1 is 0.917 bits per heavy atom. The molecule has 0 unspecified atom stereocenters. The van der Waals surface area contributed by atoms with Gasteiger partial charge in [-0.05, 0) is 50.1 Å². The highest BCUT2D eigenvalue weighted by atomic mass is 32.2. The van der Waals surface area contributed by atoms with Gasteiger partial charge in [-0.15, -0.1) is 0 Å². The summed E-state index contributed by atoms with van der Waals surface area (Å²) in [5.74, 6) is 0.854. The van der Waals surface area contributed by atoms with Crippen molar-refractivity contribution in [1.29, 1.82) is 0 Å². The zero-order valence-electron chi connectivity index (χ0n) is 13.9. The topological polar surface area (TPSA) is 24.9 Å². The van der Waals surface area contributed by atoms with Gasteiger partial charge < -0.3 is 4.72 Å². The Morgan fingerprint density at radius 3 is 2.38 bits per heavy atom. The Balaban J connectivity index is 1.89. The SMILES string of the molecule is C/C=C/c1ccc(NSc2ccccc2)nc1-c1ccc(C)cc1. The van der Waals surface area contributed by atoms with Gasteiger partial charge in [0.2, 0.25) is 0 Å². The van der Waals surface area contributed by atoms with Crippen molar-refractivity contribution in [2.24, 2.45) is 0 Å². The van der Waals surface area contributed by atoms with Gasteiger partial charge in [-0.3, -0.25) is 0 Å². The first-order chi connectivity index (χ1) is 11.8. The van der Waals surface area contributed by atoms with Gasteiger partial charge in [-0.1, -0.05) is 60.2 Å². The zero-order valence-corrected chi connectivity index (χ0v) is 14.7. The van der Waals surface area contributed by atoms with Gasteiger partial charge in [-0.25, -0.2) is 4.98 Å². The molecule has 0 aliphatic carbocycles. The predicted molar refractivity (Wildman–Crippen MR) is 105 cm³/mol. The van der Waals surface area contributed by atoms with E-state index in [2.05, 4.69) is 60.2 Å². The summed E-state index contributed by atoms with van der Waals surface area (Å²) in [5.41, 5.74) is 4.49. The molecule has 0 atom stereocenters. The van der Waals surface area contributed by atoms with E-state index in [0.29, 0.717) is 0 Å². The molecule has 0 aliphatic rings. The summed E-state index contributed by atoms with van der Waals surface area (Å²) in [6, 6.07) is 22.8. The number of allylic oxidation sites excluding steroid dienone is 1. The minimum atomic E-state index is 0.854. The Hall–Kier alpha value is -2.52. The monoisotopic (exact) mass is 332 g/mol. The van der Waals surface area contributed by atoms with E-state index in [0.717, 1.165) is 27.5 Å². The quantitative estimate of drug-likeness (QED) is 0.562. The first-order valence-electron chi connectivity index (χ1n) is 7.95. The summed E-state index contributed by atoms with van der Waals surface area (Å²) in [7, 11) is 0. The van der Waals surface area contributed by atoms with Gasteiger partial charge in [0.15, 0.2) is 0 Å². The van der Waals surface area contributed by atoms with Crippen LogP contribution in [-0.4, -0.2) is 4.98 Å². The van der Waals surface area contributed by atoms with E-state index in [4.69, 9.17) is 4.98 Å². The van der Waals surface area contributed by atoms with E-state index in [9.17, 15) is 0 Å². The van der Waals surface area contributed by atoms with Crippen LogP contribution in [0.1, 0.15) is 18.1 Å². The molecule has 3 aromatic rings. The number of nitrogens with zero attached hydrogens (tertiary/aromatic N) is 1. The molecule has 0 aliphatic heterocycles. The van der Waals surface area contributed by atoms with Gasteiger partial charge in [0.1, 0.15) is 5.82 Å². The van der Waals surface area contributed by atoms with E-state index in [1.165, 1.54) is 5.56 Å². The number of anilines is 1. The number of benzene rings is 2. The molecule has 0 saturated heterocycles. The molecule has 1 N–H and O–H groups in total. The van der Waals surface area contributed by atoms with Gasteiger partial charge in [-0.2, -0.15) is 0 Å². The lowest BCUT2D eigenvalue weighted by Crippen LogP contribution is -1.95. The molecular weight excluding hydrogens is 312 g/mol. The number of rotatable bonds is 5. The van der Waals surface area contributed by atoms with Crippen LogP contribution >= 0.6 is 11.9 Å². The molecular formula is C21H20N2S. The third-order valence-electron chi connectivity index (χ3n) is 3.61. The van der Waals surface area contributed by atoms with Gasteiger partial charge >= 0.3 is 0 Å². The first-order valence-corrected chi connectivity index (χ1v) is 8.76. The molecule has 1 aromatic heterocycles. The zero-order chi connectivity index (χ0) is 16.8. The number of pyridine rings is 1. The van der Waals surface area contributed by atoms with Crippen molar-refractivity contribution in [3.05, 3.63) is 83.9 Å². The van der Waals surface area contributed by atoms with Crippen LogP contribution in [-0.2, 0) is 0 Å². The largest absolute Gasteiger partial charge is 0.310 e. The molecule has 24 heavy (non-hydrogen) atoms. The molecule has 2 nitrogen and oxygen atoms in total. The minimum Gasteiger partial charge on any atom is -0.310 e. The van der Waals surface area contributed by atoms with Crippen LogP contribution in [0.2, 0.25) is 0 Å². The molecule has 2 aromatic carbocycles. The van der Waals surface area contributed by atoms with Crippen LogP contribution in [0.3, 0.4) is 0 Å². The van der Waals surface area contributed by atoms with E-state index < -0.39 is 0 Å². The van der Waals surface area contributed by atoms with Crippen molar-refractivity contribution in [2.45, 2.75) is 18.7 Å². The van der Waals surface area contributed by atoms with E-state index in [1.54, 1.807) is 11.9 Å². The molecule has 3 heteroatoms. The molecule has 0 amide bonds. The molecule has 0 saturated carbocycles. The third-order valence-corrected chi connectivity index (χ3v) is 4.43. The van der Waals surface area contributed by atoms with Gasteiger partial charge in [0.25, 0.3) is 0 Å². The van der Waals surface area contributed by atoms with Crippen LogP contribution in [0.25, 0.3) is 17.3 Å². The van der Waals surface area contributed by atoms with Crippen LogP contribution in [0.15, 0.2) is 77.7 Å². The van der Waals surface area contributed by atoms with Crippen molar-refractivity contribution in [1.82, 2.24) is 4.98 Å². The number of hydrogen-bond donors (Lipinski definition) is 1. The maximum absolute atomic E-state index is 4.82. The van der Waals surface area contributed by atoms with Crippen molar-refractivity contribution in [2.75, 3.05) is 4.72 Å². The highest BCUT2D eigenvalue weighted by Crippen LogP contribution is 2.27. The number of aryl methyl sites for hydroxylation is 1. The van der Waals surface area contributed by atoms with Crippen molar-refractivity contribution < 1.29 is 0 Å². The molecule has 3 rings (SSSR count). The van der Waals surface area contributed by atoms with Crippen LogP contribution in [0, 0.1) is 6.92 Å². The van der Waals surface area contributed by atoms with Crippen molar-refractivity contribution in [3.8, 4) is 11.3 Å². The summed E-state index contributed by atoms with van der Waals surface area (Å²) >= 11 is 1.57. The fourth-order valence-electron chi connectivity index (χ4n) is 2.38. The lowest BCUT2D eigenvalue weighted by molar-refractivity contribution is 1.31. The molecule has 0 bridgehead atoms. The van der Waals surface area contributed by atoms with Crippen molar-refractivity contribution >= 4 is 23.8 Å². The van der Waals surface area contributed by atoms with Crippen LogP contribution < -0.4 is 4.72 Å². The van der Waals surface area contributed by atoms with E-state index in [-0.39, 0.29) is 0 Å². The first kappa shape index (κ1) is 16.3. The summed E-state index contributed by atoms with van der Waals surface area (Å²) in [6.07, 6.45) is 4.14. The Labute approximate surface area is 147 Å². The second-order valence-electron chi connectivity index (χ2n) is 5.52.